The van der Waals surface area contributed by atoms with Crippen molar-refractivity contribution in [1.82, 2.24) is 4.98 Å². The van der Waals surface area contributed by atoms with Gasteiger partial charge in [0.2, 0.25) is 0 Å². The van der Waals surface area contributed by atoms with Crippen molar-refractivity contribution in [2.45, 2.75) is 20.4 Å². The Kier molecular flexibility index (Phi) is 5.86. The second kappa shape index (κ2) is 8.75. The lowest BCUT2D eigenvalue weighted by molar-refractivity contribution is -0.113. The van der Waals surface area contributed by atoms with Crippen molar-refractivity contribution in [3.05, 3.63) is 95.1 Å². The van der Waals surface area contributed by atoms with Crippen LogP contribution in [0.5, 0.6) is 0 Å². The Hall–Kier alpha value is -3.80. The summed E-state index contributed by atoms with van der Waals surface area (Å²) in [4.78, 5) is 31.6. The lowest BCUT2D eigenvalue weighted by Gasteiger charge is -2.18. The number of hydrogen-bond donors (Lipinski definition) is 0. The summed E-state index contributed by atoms with van der Waals surface area (Å²) in [6.45, 7) is 4.25. The van der Waals surface area contributed by atoms with Crippen LogP contribution in [-0.4, -0.2) is 24.0 Å². The topological polar surface area (TPSA) is 59.5 Å². The van der Waals surface area contributed by atoms with Crippen LogP contribution in [0, 0.1) is 11.7 Å². The molecular formula is C26H23FN2O3. The molecule has 0 fully saturated rings. The number of amides is 1. The largest absolute Gasteiger partial charge is 0.464 e. The third-order valence-corrected chi connectivity index (χ3v) is 5.45. The number of benzene rings is 2. The molecule has 4 rings (SSSR count). The molecule has 0 atom stereocenters. The molecule has 0 saturated carbocycles. The molecule has 1 aliphatic heterocycles. The third kappa shape index (κ3) is 3.91. The first-order chi connectivity index (χ1) is 15.4. The molecule has 5 nitrogen and oxygen atoms in total. The van der Waals surface area contributed by atoms with Gasteiger partial charge in [0.1, 0.15) is 11.5 Å². The Labute approximate surface area is 186 Å². The zero-order chi connectivity index (χ0) is 22.8. The van der Waals surface area contributed by atoms with E-state index in [0.29, 0.717) is 11.3 Å². The fourth-order valence-corrected chi connectivity index (χ4v) is 4.04. The van der Waals surface area contributed by atoms with Crippen LogP contribution in [0.1, 0.15) is 41.2 Å². The van der Waals surface area contributed by atoms with Gasteiger partial charge in [0.25, 0.3) is 5.91 Å². The first-order valence-electron chi connectivity index (χ1n) is 10.4. The summed E-state index contributed by atoms with van der Waals surface area (Å²) in [6.07, 6.45) is 0. The average Bonchev–Trinajstić information content (AvgIpc) is 3.06. The van der Waals surface area contributed by atoms with Crippen molar-refractivity contribution >= 4 is 28.7 Å². The molecule has 1 aliphatic rings. The predicted octanol–water partition coefficient (Wildman–Crippen LogP) is 5.12. The fourth-order valence-electron chi connectivity index (χ4n) is 4.04. The van der Waals surface area contributed by atoms with E-state index in [0.717, 1.165) is 22.4 Å². The number of pyridine rings is 1. The lowest BCUT2D eigenvalue weighted by atomic mass is 9.88. The Morgan fingerprint density at radius 2 is 1.75 bits per heavy atom. The normalized spacial score (nSPS) is 14.5. The highest BCUT2D eigenvalue weighted by Crippen LogP contribution is 2.43. The van der Waals surface area contributed by atoms with Crippen molar-refractivity contribution in [3.8, 4) is 0 Å². The van der Waals surface area contributed by atoms with Gasteiger partial charge in [-0.3, -0.25) is 4.79 Å². The van der Waals surface area contributed by atoms with Crippen LogP contribution in [0.25, 0.3) is 11.1 Å². The Balaban J connectivity index is 1.81. The van der Waals surface area contributed by atoms with E-state index in [1.807, 2.05) is 38.1 Å². The first-order valence-corrected chi connectivity index (χ1v) is 10.4. The van der Waals surface area contributed by atoms with Gasteiger partial charge in [-0.05, 0) is 47.4 Å². The van der Waals surface area contributed by atoms with Crippen LogP contribution in [0.15, 0.2) is 66.7 Å². The molecule has 32 heavy (non-hydrogen) atoms. The molecule has 0 radical (unpaired) electrons. The fraction of sp³-hybridized carbons (Fsp3) is 0.192. The molecule has 0 N–H and O–H groups in total. The van der Waals surface area contributed by atoms with E-state index in [-0.39, 0.29) is 29.9 Å². The molecular weight excluding hydrogens is 407 g/mol. The highest BCUT2D eigenvalue weighted by Gasteiger charge is 2.35. The first kappa shape index (κ1) is 21.4. The quantitative estimate of drug-likeness (QED) is 0.416. The zero-order valence-corrected chi connectivity index (χ0v) is 18.1. The van der Waals surface area contributed by atoms with Crippen molar-refractivity contribution in [1.29, 1.82) is 0 Å². The summed E-state index contributed by atoms with van der Waals surface area (Å²) >= 11 is 0. The minimum absolute atomic E-state index is 0.0354. The molecule has 1 amide bonds. The second-order valence-corrected chi connectivity index (χ2v) is 7.86. The maximum absolute atomic E-state index is 13.7. The maximum Gasteiger partial charge on any atom is 0.356 e. The number of carbonyl (C=O) groups is 2. The molecule has 2 heterocycles. The molecule has 0 saturated heterocycles. The molecule has 0 spiro atoms. The molecule has 0 bridgehead atoms. The smallest absolute Gasteiger partial charge is 0.356 e. The third-order valence-electron chi connectivity index (χ3n) is 5.45. The molecule has 3 aromatic rings. The van der Waals surface area contributed by atoms with E-state index < -0.39 is 5.97 Å². The number of aromatic nitrogens is 1. The van der Waals surface area contributed by atoms with Gasteiger partial charge in [0.15, 0.2) is 0 Å². The van der Waals surface area contributed by atoms with Crippen LogP contribution in [-0.2, 0) is 16.1 Å². The zero-order valence-electron chi connectivity index (χ0n) is 18.1. The summed E-state index contributed by atoms with van der Waals surface area (Å²) in [6, 6.07) is 18.9. The van der Waals surface area contributed by atoms with Gasteiger partial charge < -0.3 is 9.64 Å². The van der Waals surface area contributed by atoms with Crippen LogP contribution < -0.4 is 4.90 Å². The van der Waals surface area contributed by atoms with Crippen LogP contribution >= 0.6 is 0 Å². The number of esters is 1. The number of allylic oxidation sites excluding steroid dienone is 1. The van der Waals surface area contributed by atoms with E-state index in [2.05, 4.69) is 4.98 Å². The number of methoxy groups -OCH3 is 1. The number of para-hydroxylation sites is 1. The number of rotatable bonds is 5. The number of fused-ring (bicyclic) bond motifs is 1. The molecule has 162 valence electrons. The molecule has 1 aromatic heterocycles. The van der Waals surface area contributed by atoms with Crippen LogP contribution in [0.4, 0.5) is 10.1 Å². The van der Waals surface area contributed by atoms with E-state index in [1.165, 1.54) is 19.2 Å². The van der Waals surface area contributed by atoms with Gasteiger partial charge in [-0.25, -0.2) is 14.2 Å². The van der Waals surface area contributed by atoms with Crippen LogP contribution in [0.2, 0.25) is 0 Å². The number of hydrogen-bond acceptors (Lipinski definition) is 4. The van der Waals surface area contributed by atoms with Gasteiger partial charge in [-0.1, -0.05) is 50.2 Å². The van der Waals surface area contributed by atoms with Gasteiger partial charge in [-0.2, -0.15) is 0 Å². The number of ether oxygens (including phenoxy) is 1. The summed E-state index contributed by atoms with van der Waals surface area (Å²) in [5.74, 6) is -0.963. The standard InChI is InChI=1S/C26H23FN2O3/c1-16(2)23(17-11-13-18(27)14-12-17)24-20-8-4-5-10-22(20)29(25(24)30)15-19-7-6-9-21(28-19)26(31)32-3/h4-14,16H,15H2,1-3H3/b24-23+. The van der Waals surface area contributed by atoms with Crippen molar-refractivity contribution in [2.75, 3.05) is 12.0 Å². The molecule has 2 aromatic carbocycles. The monoisotopic (exact) mass is 430 g/mol. The molecule has 6 heteroatoms. The van der Waals surface area contributed by atoms with Gasteiger partial charge in [-0.15, -0.1) is 0 Å². The number of carbonyl (C=O) groups excluding carboxylic acids is 2. The van der Waals surface area contributed by atoms with Crippen molar-refractivity contribution < 1.29 is 18.7 Å². The SMILES string of the molecule is COC(=O)c1cccc(CN2C(=O)/C(=C(/c3ccc(F)cc3)C(C)C)c3ccccc32)n1. The minimum atomic E-state index is -0.529. The Morgan fingerprint density at radius 1 is 1.03 bits per heavy atom. The van der Waals surface area contributed by atoms with Gasteiger partial charge >= 0.3 is 5.97 Å². The molecule has 0 aliphatic carbocycles. The number of halogens is 1. The Bertz CT molecular complexity index is 1220. The number of nitrogens with zero attached hydrogens (tertiary/aromatic N) is 2. The van der Waals surface area contributed by atoms with Crippen molar-refractivity contribution in [3.63, 3.8) is 0 Å². The highest BCUT2D eigenvalue weighted by molar-refractivity contribution is 6.37. The minimum Gasteiger partial charge on any atom is -0.464 e. The predicted molar refractivity (Wildman–Crippen MR) is 121 cm³/mol. The van der Waals surface area contributed by atoms with E-state index >= 15 is 0 Å². The van der Waals surface area contributed by atoms with Crippen molar-refractivity contribution in [2.24, 2.45) is 5.92 Å². The highest BCUT2D eigenvalue weighted by atomic mass is 19.1. The van der Waals surface area contributed by atoms with Gasteiger partial charge in [0.05, 0.1) is 30.6 Å². The summed E-state index contributed by atoms with van der Waals surface area (Å²) in [5.41, 5.74) is 4.65. The van der Waals surface area contributed by atoms with Crippen LogP contribution in [0.3, 0.4) is 0 Å². The van der Waals surface area contributed by atoms with E-state index in [9.17, 15) is 14.0 Å². The average molecular weight is 430 g/mol. The maximum atomic E-state index is 13.7. The van der Waals surface area contributed by atoms with E-state index in [4.69, 9.17) is 4.74 Å². The summed E-state index contributed by atoms with van der Waals surface area (Å²) < 4.78 is 18.3. The molecule has 0 unspecified atom stereocenters. The summed E-state index contributed by atoms with van der Waals surface area (Å²) in [5, 5.41) is 0. The number of anilines is 1. The Morgan fingerprint density at radius 3 is 2.44 bits per heavy atom. The summed E-state index contributed by atoms with van der Waals surface area (Å²) in [7, 11) is 1.30. The van der Waals surface area contributed by atoms with E-state index in [1.54, 1.807) is 35.2 Å². The van der Waals surface area contributed by atoms with Gasteiger partial charge in [0, 0.05) is 5.56 Å². The lowest BCUT2D eigenvalue weighted by Crippen LogP contribution is -2.27. The second-order valence-electron chi connectivity index (χ2n) is 7.86.